The molecule has 0 heterocycles. The smallest absolute Gasteiger partial charge is 0.262 e. The minimum atomic E-state index is -3.94. The normalized spacial score (nSPS) is 11.0. The Balaban J connectivity index is 1.84. The highest BCUT2D eigenvalue weighted by atomic mass is 32.2. The molecule has 0 bridgehead atoms. The van der Waals surface area contributed by atoms with Crippen molar-refractivity contribution in [3.8, 4) is 11.5 Å². The Labute approximate surface area is 188 Å². The summed E-state index contributed by atoms with van der Waals surface area (Å²) in [5.74, 6) is 0.472. The lowest BCUT2D eigenvalue weighted by molar-refractivity contribution is -0.115. The maximum atomic E-state index is 12.9. The molecule has 0 saturated carbocycles. The molecule has 0 aromatic heterocycles. The summed E-state index contributed by atoms with van der Waals surface area (Å²) in [6, 6.07) is 16.8. The number of hydrogen-bond donors (Lipinski definition) is 2. The second-order valence-corrected chi connectivity index (χ2v) is 8.99. The molecule has 0 spiro atoms. The van der Waals surface area contributed by atoms with E-state index in [2.05, 4.69) is 10.0 Å². The molecule has 3 rings (SSSR count). The lowest BCUT2D eigenvalue weighted by atomic mass is 10.0. The van der Waals surface area contributed by atoms with Gasteiger partial charge < -0.3 is 14.8 Å². The Bertz CT molecular complexity index is 1240. The van der Waals surface area contributed by atoms with Crippen molar-refractivity contribution in [2.45, 2.75) is 25.2 Å². The zero-order valence-corrected chi connectivity index (χ0v) is 19.2. The number of carbonyl (C=O) groups excluding carboxylic acids is 1. The van der Waals surface area contributed by atoms with Gasteiger partial charge >= 0.3 is 0 Å². The van der Waals surface area contributed by atoms with Gasteiger partial charge in [-0.25, -0.2) is 8.42 Å². The molecular formula is C24H26N2O5S. The molecule has 8 heteroatoms. The van der Waals surface area contributed by atoms with E-state index in [1.807, 2.05) is 32.0 Å². The number of ether oxygens (including phenoxy) is 2. The van der Waals surface area contributed by atoms with Crippen LogP contribution in [0.5, 0.6) is 11.5 Å². The standard InChI is InChI=1S/C24H26N2O5S/c1-16-9-10-18(13-17(16)2)14-24(27)25-21-15-19(11-12-23(21)31-4)32(28,29)26-20-7-5-6-8-22(20)30-3/h5-13,15,26H,14H2,1-4H3,(H,25,27). The van der Waals surface area contributed by atoms with Gasteiger partial charge in [0.1, 0.15) is 11.5 Å². The van der Waals surface area contributed by atoms with E-state index in [1.54, 1.807) is 24.3 Å². The first-order valence-corrected chi connectivity index (χ1v) is 11.4. The number of methoxy groups -OCH3 is 2. The number of amides is 1. The monoisotopic (exact) mass is 454 g/mol. The second kappa shape index (κ2) is 9.74. The summed E-state index contributed by atoms with van der Waals surface area (Å²) in [6.07, 6.45) is 0.153. The SMILES string of the molecule is COc1ccc(S(=O)(=O)Nc2ccccc2OC)cc1NC(=O)Cc1ccc(C)c(C)c1. The fourth-order valence-electron chi connectivity index (χ4n) is 3.18. The molecule has 0 aliphatic carbocycles. The van der Waals surface area contributed by atoms with Crippen LogP contribution in [0, 0.1) is 13.8 Å². The first kappa shape index (κ1) is 23.1. The largest absolute Gasteiger partial charge is 0.495 e. The van der Waals surface area contributed by atoms with Crippen molar-refractivity contribution in [3.63, 3.8) is 0 Å². The molecule has 0 aliphatic heterocycles. The van der Waals surface area contributed by atoms with Gasteiger partial charge in [-0.15, -0.1) is 0 Å². The number of benzene rings is 3. The quantitative estimate of drug-likeness (QED) is 0.529. The van der Waals surface area contributed by atoms with Crippen LogP contribution < -0.4 is 19.5 Å². The highest BCUT2D eigenvalue weighted by Gasteiger charge is 2.19. The van der Waals surface area contributed by atoms with Gasteiger partial charge in [0.2, 0.25) is 5.91 Å². The number of hydrogen-bond acceptors (Lipinski definition) is 5. The van der Waals surface area contributed by atoms with Crippen LogP contribution in [0.3, 0.4) is 0 Å². The number of carbonyl (C=O) groups is 1. The van der Waals surface area contributed by atoms with Gasteiger partial charge in [0.05, 0.1) is 36.9 Å². The highest BCUT2D eigenvalue weighted by molar-refractivity contribution is 7.92. The molecule has 0 atom stereocenters. The zero-order chi connectivity index (χ0) is 23.3. The fraction of sp³-hybridized carbons (Fsp3) is 0.208. The molecule has 168 valence electrons. The van der Waals surface area contributed by atoms with Gasteiger partial charge in [-0.1, -0.05) is 30.3 Å². The number of para-hydroxylation sites is 2. The van der Waals surface area contributed by atoms with E-state index in [-0.39, 0.29) is 22.9 Å². The van der Waals surface area contributed by atoms with E-state index < -0.39 is 10.0 Å². The third kappa shape index (κ3) is 5.39. The van der Waals surface area contributed by atoms with Gasteiger partial charge in [0.15, 0.2) is 0 Å². The van der Waals surface area contributed by atoms with Crippen LogP contribution in [0.2, 0.25) is 0 Å². The number of anilines is 2. The van der Waals surface area contributed by atoms with E-state index in [0.29, 0.717) is 17.2 Å². The minimum Gasteiger partial charge on any atom is -0.495 e. The van der Waals surface area contributed by atoms with Gasteiger partial charge in [-0.3, -0.25) is 9.52 Å². The summed E-state index contributed by atoms with van der Waals surface area (Å²) in [7, 11) is -1.02. The molecule has 0 fully saturated rings. The van der Waals surface area contributed by atoms with Crippen molar-refractivity contribution in [2.75, 3.05) is 24.3 Å². The summed E-state index contributed by atoms with van der Waals surface area (Å²) < 4.78 is 38.9. The van der Waals surface area contributed by atoms with Crippen molar-refractivity contribution in [1.29, 1.82) is 0 Å². The van der Waals surface area contributed by atoms with Gasteiger partial charge in [0, 0.05) is 0 Å². The third-order valence-electron chi connectivity index (χ3n) is 5.04. The molecule has 0 aliphatic rings. The highest BCUT2D eigenvalue weighted by Crippen LogP contribution is 2.30. The molecule has 0 saturated heterocycles. The lowest BCUT2D eigenvalue weighted by Gasteiger charge is -2.15. The van der Waals surface area contributed by atoms with E-state index in [4.69, 9.17) is 9.47 Å². The number of rotatable bonds is 8. The third-order valence-corrected chi connectivity index (χ3v) is 6.41. The summed E-state index contributed by atoms with van der Waals surface area (Å²) in [5.41, 5.74) is 3.70. The summed E-state index contributed by atoms with van der Waals surface area (Å²) >= 11 is 0. The van der Waals surface area contributed by atoms with Crippen LogP contribution >= 0.6 is 0 Å². The number of nitrogens with one attached hydrogen (secondary N) is 2. The average molecular weight is 455 g/mol. The lowest BCUT2D eigenvalue weighted by Crippen LogP contribution is -2.17. The van der Waals surface area contributed by atoms with Gasteiger partial charge in [0.25, 0.3) is 10.0 Å². The summed E-state index contributed by atoms with van der Waals surface area (Å²) in [4.78, 5) is 12.6. The summed E-state index contributed by atoms with van der Waals surface area (Å²) in [5, 5.41) is 2.76. The van der Waals surface area contributed by atoms with Crippen molar-refractivity contribution in [2.24, 2.45) is 0 Å². The van der Waals surface area contributed by atoms with Crippen LogP contribution in [-0.4, -0.2) is 28.5 Å². The minimum absolute atomic E-state index is 0.0225. The predicted molar refractivity (Wildman–Crippen MR) is 125 cm³/mol. The zero-order valence-electron chi connectivity index (χ0n) is 18.4. The van der Waals surface area contributed by atoms with Crippen LogP contribution in [-0.2, 0) is 21.2 Å². The Morgan fingerprint density at radius 1 is 0.844 bits per heavy atom. The van der Waals surface area contributed by atoms with Crippen molar-refractivity contribution in [1.82, 2.24) is 0 Å². The molecule has 7 nitrogen and oxygen atoms in total. The Hall–Kier alpha value is -3.52. The Morgan fingerprint density at radius 2 is 1.53 bits per heavy atom. The molecule has 1 amide bonds. The molecule has 2 N–H and O–H groups in total. The van der Waals surface area contributed by atoms with E-state index in [9.17, 15) is 13.2 Å². The molecule has 0 unspecified atom stereocenters. The van der Waals surface area contributed by atoms with Crippen molar-refractivity contribution in [3.05, 3.63) is 77.4 Å². The number of aryl methyl sites for hydroxylation is 2. The summed E-state index contributed by atoms with van der Waals surface area (Å²) in [6.45, 7) is 4.00. The maximum absolute atomic E-state index is 12.9. The first-order valence-electron chi connectivity index (χ1n) is 9.93. The van der Waals surface area contributed by atoms with Gasteiger partial charge in [-0.2, -0.15) is 0 Å². The Kier molecular flexibility index (Phi) is 7.05. The van der Waals surface area contributed by atoms with E-state index >= 15 is 0 Å². The van der Waals surface area contributed by atoms with Crippen molar-refractivity contribution < 1.29 is 22.7 Å². The average Bonchev–Trinajstić information content (AvgIpc) is 2.76. The van der Waals surface area contributed by atoms with Gasteiger partial charge in [-0.05, 0) is 60.9 Å². The second-order valence-electron chi connectivity index (χ2n) is 7.31. The molecule has 3 aromatic rings. The van der Waals surface area contributed by atoms with Crippen molar-refractivity contribution >= 4 is 27.3 Å². The van der Waals surface area contributed by atoms with E-state index in [0.717, 1.165) is 16.7 Å². The topological polar surface area (TPSA) is 93.7 Å². The molecule has 0 radical (unpaired) electrons. The van der Waals surface area contributed by atoms with Crippen LogP contribution in [0.25, 0.3) is 0 Å². The van der Waals surface area contributed by atoms with Crippen LogP contribution in [0.15, 0.2) is 65.6 Å². The molecule has 32 heavy (non-hydrogen) atoms. The molecule has 3 aromatic carbocycles. The van der Waals surface area contributed by atoms with E-state index in [1.165, 1.54) is 32.4 Å². The first-order chi connectivity index (χ1) is 15.2. The Morgan fingerprint density at radius 3 is 2.22 bits per heavy atom. The number of sulfonamides is 1. The predicted octanol–water partition coefficient (Wildman–Crippen LogP) is 4.30. The maximum Gasteiger partial charge on any atom is 0.262 e. The van der Waals surface area contributed by atoms with Crippen LogP contribution in [0.1, 0.15) is 16.7 Å². The molecular weight excluding hydrogens is 428 g/mol. The van der Waals surface area contributed by atoms with Crippen LogP contribution in [0.4, 0.5) is 11.4 Å². The fourth-order valence-corrected chi connectivity index (χ4v) is 4.27.